The normalized spacial score (nSPS) is 15.9. The molecule has 0 N–H and O–H groups in total. The van der Waals surface area contributed by atoms with Gasteiger partial charge in [-0.1, -0.05) is 0 Å². The van der Waals surface area contributed by atoms with Gasteiger partial charge >= 0.3 is 0 Å². The van der Waals surface area contributed by atoms with E-state index in [1.165, 1.54) is 18.5 Å². The third kappa shape index (κ3) is 4.29. The Morgan fingerprint density at radius 2 is 1.96 bits per heavy atom. The molecule has 0 unspecified atom stereocenters. The molecule has 2 aromatic rings. The van der Waals surface area contributed by atoms with E-state index in [0.717, 1.165) is 38.3 Å². The lowest BCUT2D eigenvalue weighted by Crippen LogP contribution is -2.43. The van der Waals surface area contributed by atoms with E-state index < -0.39 is 0 Å². The zero-order chi connectivity index (χ0) is 16.8. The fraction of sp³-hybridized carbons (Fsp3) is 0.526. The predicted molar refractivity (Wildman–Crippen MR) is 97.7 cm³/mol. The number of aromatic nitrogens is 2. The molecule has 0 radical (unpaired) electrons. The molecule has 0 saturated carbocycles. The SMILES string of the molecule is COc1ccc(N2CCC(N(C)CCCn3cccn3)CC2)cc1. The maximum absolute atomic E-state index is 5.24. The smallest absolute Gasteiger partial charge is 0.119 e. The Balaban J connectivity index is 1.42. The van der Waals surface area contributed by atoms with Crippen molar-refractivity contribution in [1.82, 2.24) is 14.7 Å². The Morgan fingerprint density at radius 3 is 2.58 bits per heavy atom. The average molecular weight is 328 g/mol. The molecule has 130 valence electrons. The van der Waals surface area contributed by atoms with Crippen LogP contribution in [0.3, 0.4) is 0 Å². The number of piperidine rings is 1. The first-order valence-electron chi connectivity index (χ1n) is 8.83. The standard InChI is InChI=1S/C19H28N4O/c1-21(12-4-14-23-13-3-11-20-23)17-9-15-22(16-10-17)18-5-7-19(24-2)8-6-18/h3,5-8,11,13,17H,4,9-10,12,14-16H2,1-2H3. The van der Waals surface area contributed by atoms with E-state index in [9.17, 15) is 0 Å². The lowest BCUT2D eigenvalue weighted by Gasteiger charge is -2.38. The van der Waals surface area contributed by atoms with Gasteiger partial charge in [0.2, 0.25) is 0 Å². The van der Waals surface area contributed by atoms with Gasteiger partial charge in [0.15, 0.2) is 0 Å². The van der Waals surface area contributed by atoms with Gasteiger partial charge in [-0.3, -0.25) is 4.68 Å². The Hall–Kier alpha value is -2.01. The van der Waals surface area contributed by atoms with E-state index in [1.54, 1.807) is 7.11 Å². The molecule has 1 aromatic heterocycles. The van der Waals surface area contributed by atoms with E-state index in [-0.39, 0.29) is 0 Å². The summed E-state index contributed by atoms with van der Waals surface area (Å²) >= 11 is 0. The molecule has 0 amide bonds. The van der Waals surface area contributed by atoms with Crippen molar-refractivity contribution >= 4 is 5.69 Å². The molecule has 1 aliphatic heterocycles. The minimum atomic E-state index is 0.692. The van der Waals surface area contributed by atoms with Crippen molar-refractivity contribution in [3.8, 4) is 5.75 Å². The highest BCUT2D eigenvalue weighted by molar-refractivity contribution is 5.49. The van der Waals surface area contributed by atoms with Gasteiger partial charge in [0, 0.05) is 43.8 Å². The largest absolute Gasteiger partial charge is 0.497 e. The van der Waals surface area contributed by atoms with E-state index in [2.05, 4.69) is 34.1 Å². The molecule has 5 nitrogen and oxygen atoms in total. The zero-order valence-electron chi connectivity index (χ0n) is 14.8. The third-order valence-corrected chi connectivity index (χ3v) is 4.98. The summed E-state index contributed by atoms with van der Waals surface area (Å²) in [7, 11) is 3.97. The molecule has 2 heterocycles. The van der Waals surface area contributed by atoms with Gasteiger partial charge in [-0.2, -0.15) is 5.10 Å². The quantitative estimate of drug-likeness (QED) is 0.782. The van der Waals surface area contributed by atoms with Crippen molar-refractivity contribution in [3.63, 3.8) is 0 Å². The van der Waals surface area contributed by atoms with Crippen molar-refractivity contribution in [3.05, 3.63) is 42.7 Å². The lowest BCUT2D eigenvalue weighted by atomic mass is 10.0. The summed E-state index contributed by atoms with van der Waals surface area (Å²) in [6.07, 6.45) is 7.48. The molecule has 3 rings (SSSR count). The number of ether oxygens (including phenoxy) is 1. The number of aryl methyl sites for hydroxylation is 1. The van der Waals surface area contributed by atoms with E-state index in [1.807, 2.05) is 35.3 Å². The summed E-state index contributed by atoms with van der Waals surface area (Å²) in [6.45, 7) is 4.38. The van der Waals surface area contributed by atoms with Crippen LogP contribution in [0.2, 0.25) is 0 Å². The minimum Gasteiger partial charge on any atom is -0.497 e. The van der Waals surface area contributed by atoms with Gasteiger partial charge in [0.25, 0.3) is 0 Å². The van der Waals surface area contributed by atoms with E-state index >= 15 is 0 Å². The van der Waals surface area contributed by atoms with Crippen LogP contribution >= 0.6 is 0 Å². The van der Waals surface area contributed by atoms with Gasteiger partial charge in [-0.15, -0.1) is 0 Å². The second kappa shape index (κ2) is 8.20. The number of anilines is 1. The van der Waals surface area contributed by atoms with Gasteiger partial charge in [0.05, 0.1) is 7.11 Å². The van der Waals surface area contributed by atoms with Crippen LogP contribution in [0.4, 0.5) is 5.69 Å². The van der Waals surface area contributed by atoms with Crippen LogP contribution in [-0.4, -0.2) is 54.5 Å². The molecule has 0 bridgehead atoms. The highest BCUT2D eigenvalue weighted by Crippen LogP contribution is 2.24. The van der Waals surface area contributed by atoms with Crippen molar-refractivity contribution in [2.24, 2.45) is 0 Å². The fourth-order valence-corrected chi connectivity index (χ4v) is 3.46. The molecule has 0 atom stereocenters. The molecule has 5 heteroatoms. The van der Waals surface area contributed by atoms with Crippen molar-refractivity contribution in [2.45, 2.75) is 31.8 Å². The number of methoxy groups -OCH3 is 1. The first kappa shape index (κ1) is 16.8. The van der Waals surface area contributed by atoms with Gasteiger partial charge in [-0.25, -0.2) is 0 Å². The highest BCUT2D eigenvalue weighted by atomic mass is 16.5. The summed E-state index contributed by atoms with van der Waals surface area (Å²) < 4.78 is 7.25. The van der Waals surface area contributed by atoms with Crippen LogP contribution in [0, 0.1) is 0 Å². The molecule has 1 saturated heterocycles. The minimum absolute atomic E-state index is 0.692. The van der Waals surface area contributed by atoms with Crippen molar-refractivity contribution < 1.29 is 4.74 Å². The number of nitrogens with zero attached hydrogens (tertiary/aromatic N) is 4. The van der Waals surface area contributed by atoms with E-state index in [0.29, 0.717) is 6.04 Å². The van der Waals surface area contributed by atoms with Crippen LogP contribution in [0.1, 0.15) is 19.3 Å². The Bertz CT molecular complexity index is 588. The van der Waals surface area contributed by atoms with E-state index in [4.69, 9.17) is 4.74 Å². The molecular weight excluding hydrogens is 300 g/mol. The first-order valence-corrected chi connectivity index (χ1v) is 8.83. The molecule has 1 aromatic carbocycles. The lowest BCUT2D eigenvalue weighted by molar-refractivity contribution is 0.202. The topological polar surface area (TPSA) is 33.5 Å². The number of rotatable bonds is 7. The number of hydrogen-bond donors (Lipinski definition) is 0. The van der Waals surface area contributed by atoms with Crippen molar-refractivity contribution in [2.75, 3.05) is 38.7 Å². The Labute approximate surface area is 144 Å². The first-order chi connectivity index (χ1) is 11.8. The Kier molecular flexibility index (Phi) is 5.75. The summed E-state index contributed by atoms with van der Waals surface area (Å²) in [5, 5.41) is 4.26. The monoisotopic (exact) mass is 328 g/mol. The maximum Gasteiger partial charge on any atom is 0.119 e. The molecular formula is C19H28N4O. The second-order valence-electron chi connectivity index (χ2n) is 6.52. The third-order valence-electron chi connectivity index (χ3n) is 4.98. The molecule has 0 spiro atoms. The van der Waals surface area contributed by atoms with Crippen LogP contribution in [0.15, 0.2) is 42.7 Å². The summed E-state index contributed by atoms with van der Waals surface area (Å²) in [5.74, 6) is 0.922. The van der Waals surface area contributed by atoms with Crippen molar-refractivity contribution in [1.29, 1.82) is 0 Å². The Morgan fingerprint density at radius 1 is 1.21 bits per heavy atom. The van der Waals surface area contributed by atoms with Gasteiger partial charge in [-0.05, 0) is 63.2 Å². The van der Waals surface area contributed by atoms with Crippen LogP contribution < -0.4 is 9.64 Å². The molecule has 24 heavy (non-hydrogen) atoms. The zero-order valence-corrected chi connectivity index (χ0v) is 14.8. The average Bonchev–Trinajstić information content (AvgIpc) is 3.15. The fourth-order valence-electron chi connectivity index (χ4n) is 3.46. The highest BCUT2D eigenvalue weighted by Gasteiger charge is 2.22. The molecule has 1 fully saturated rings. The maximum atomic E-state index is 5.24. The van der Waals surface area contributed by atoms with Gasteiger partial charge < -0.3 is 14.5 Å². The van der Waals surface area contributed by atoms with Gasteiger partial charge in [0.1, 0.15) is 5.75 Å². The van der Waals surface area contributed by atoms with Crippen LogP contribution in [-0.2, 0) is 6.54 Å². The van der Waals surface area contributed by atoms with Crippen LogP contribution in [0.5, 0.6) is 5.75 Å². The number of hydrogen-bond acceptors (Lipinski definition) is 4. The predicted octanol–water partition coefficient (Wildman–Crippen LogP) is 2.88. The molecule has 1 aliphatic rings. The van der Waals surface area contributed by atoms with Crippen LogP contribution in [0.25, 0.3) is 0 Å². The summed E-state index contributed by atoms with van der Waals surface area (Å²) in [5.41, 5.74) is 1.30. The second-order valence-corrected chi connectivity index (χ2v) is 6.52. The summed E-state index contributed by atoms with van der Waals surface area (Å²) in [6, 6.07) is 11.1. The number of benzene rings is 1. The summed E-state index contributed by atoms with van der Waals surface area (Å²) in [4.78, 5) is 5.00. The molecule has 0 aliphatic carbocycles.